The van der Waals surface area contributed by atoms with Gasteiger partial charge in [-0.05, 0) is 43.7 Å². The van der Waals surface area contributed by atoms with E-state index < -0.39 is 11.8 Å². The fourth-order valence-corrected chi connectivity index (χ4v) is 3.09. The normalized spacial score (nSPS) is 21.2. The van der Waals surface area contributed by atoms with Gasteiger partial charge in [-0.1, -0.05) is 42.6 Å². The molecular formula is C16H20Cl2N2O2. The van der Waals surface area contributed by atoms with Gasteiger partial charge in [-0.2, -0.15) is 0 Å². The Bertz CT molecular complexity index is 555. The summed E-state index contributed by atoms with van der Waals surface area (Å²) in [6.07, 6.45) is 5.23. The molecule has 1 saturated carbocycles. The SMILES string of the molecule is CCC1CCC(NC(=O)C(=O)Nc2cccc(Cl)c2Cl)CC1. The standard InChI is InChI=1S/C16H20Cl2N2O2/c1-2-10-6-8-11(9-7-10)19-15(21)16(22)20-13-5-3-4-12(17)14(13)18/h3-5,10-11H,2,6-9H2,1H3,(H,19,21)(H,20,22). The molecule has 0 saturated heterocycles. The molecule has 1 aliphatic carbocycles. The molecule has 120 valence electrons. The maximum atomic E-state index is 12.0. The van der Waals surface area contributed by atoms with Crippen molar-refractivity contribution in [1.29, 1.82) is 0 Å². The molecule has 0 bridgehead atoms. The van der Waals surface area contributed by atoms with Gasteiger partial charge >= 0.3 is 11.8 Å². The molecule has 1 fully saturated rings. The molecule has 2 rings (SSSR count). The second-order valence-corrected chi connectivity index (χ2v) is 6.44. The average molecular weight is 343 g/mol. The van der Waals surface area contributed by atoms with Gasteiger partial charge in [-0.15, -0.1) is 0 Å². The first-order valence-electron chi connectivity index (χ1n) is 7.57. The van der Waals surface area contributed by atoms with Gasteiger partial charge in [0.1, 0.15) is 0 Å². The molecule has 1 aromatic rings. The smallest absolute Gasteiger partial charge is 0.313 e. The van der Waals surface area contributed by atoms with Crippen molar-refractivity contribution in [3.8, 4) is 0 Å². The summed E-state index contributed by atoms with van der Waals surface area (Å²) in [4.78, 5) is 23.9. The number of hydrogen-bond acceptors (Lipinski definition) is 2. The van der Waals surface area contributed by atoms with E-state index >= 15 is 0 Å². The summed E-state index contributed by atoms with van der Waals surface area (Å²) in [6, 6.07) is 4.96. The molecule has 22 heavy (non-hydrogen) atoms. The maximum Gasteiger partial charge on any atom is 0.313 e. The van der Waals surface area contributed by atoms with E-state index in [1.165, 1.54) is 6.42 Å². The van der Waals surface area contributed by atoms with Crippen LogP contribution in [0.2, 0.25) is 10.0 Å². The zero-order valence-electron chi connectivity index (χ0n) is 12.5. The van der Waals surface area contributed by atoms with Gasteiger partial charge in [-0.25, -0.2) is 0 Å². The Morgan fingerprint density at radius 3 is 2.45 bits per heavy atom. The summed E-state index contributed by atoms with van der Waals surface area (Å²) in [7, 11) is 0. The molecule has 0 aliphatic heterocycles. The zero-order chi connectivity index (χ0) is 16.1. The molecule has 6 heteroatoms. The van der Waals surface area contributed by atoms with E-state index in [9.17, 15) is 9.59 Å². The Hall–Kier alpha value is -1.26. The van der Waals surface area contributed by atoms with E-state index in [1.807, 2.05) is 0 Å². The summed E-state index contributed by atoms with van der Waals surface area (Å²) in [5, 5.41) is 5.85. The third-order valence-electron chi connectivity index (χ3n) is 4.17. The minimum atomic E-state index is -0.721. The number of hydrogen-bond donors (Lipinski definition) is 2. The fourth-order valence-electron chi connectivity index (χ4n) is 2.75. The van der Waals surface area contributed by atoms with Crippen LogP contribution in [0.4, 0.5) is 5.69 Å². The van der Waals surface area contributed by atoms with Crippen LogP contribution in [0.25, 0.3) is 0 Å². The van der Waals surface area contributed by atoms with Crippen molar-refractivity contribution in [2.45, 2.75) is 45.1 Å². The second-order valence-electron chi connectivity index (χ2n) is 5.65. The molecule has 0 unspecified atom stereocenters. The van der Waals surface area contributed by atoms with Crippen molar-refractivity contribution in [2.24, 2.45) is 5.92 Å². The quantitative estimate of drug-likeness (QED) is 0.815. The second kappa shape index (κ2) is 7.84. The lowest BCUT2D eigenvalue weighted by Crippen LogP contribution is -2.43. The number of anilines is 1. The van der Waals surface area contributed by atoms with Crippen LogP contribution in [0.5, 0.6) is 0 Å². The average Bonchev–Trinajstić information content (AvgIpc) is 2.52. The van der Waals surface area contributed by atoms with Gasteiger partial charge in [0.05, 0.1) is 15.7 Å². The molecule has 0 heterocycles. The molecule has 2 N–H and O–H groups in total. The Labute approximate surface area is 140 Å². The number of rotatable bonds is 3. The van der Waals surface area contributed by atoms with E-state index in [4.69, 9.17) is 23.2 Å². The van der Waals surface area contributed by atoms with Gasteiger partial charge < -0.3 is 10.6 Å². The predicted octanol–water partition coefficient (Wildman–Crippen LogP) is 4.02. The van der Waals surface area contributed by atoms with E-state index in [0.717, 1.165) is 31.6 Å². The fraction of sp³-hybridized carbons (Fsp3) is 0.500. The molecule has 0 aromatic heterocycles. The van der Waals surface area contributed by atoms with E-state index in [0.29, 0.717) is 10.7 Å². The van der Waals surface area contributed by atoms with Gasteiger partial charge in [0.2, 0.25) is 0 Å². The van der Waals surface area contributed by atoms with E-state index in [-0.39, 0.29) is 11.1 Å². The van der Waals surface area contributed by atoms with Crippen LogP contribution >= 0.6 is 23.2 Å². The van der Waals surface area contributed by atoms with Crippen LogP contribution in [0.1, 0.15) is 39.0 Å². The van der Waals surface area contributed by atoms with Crippen molar-refractivity contribution >= 4 is 40.7 Å². The Balaban J connectivity index is 1.87. The summed E-state index contributed by atoms with van der Waals surface area (Å²) in [6.45, 7) is 2.19. The molecule has 0 spiro atoms. The lowest BCUT2D eigenvalue weighted by atomic mass is 9.84. The first kappa shape index (κ1) is 17.1. The van der Waals surface area contributed by atoms with Crippen LogP contribution in [-0.2, 0) is 9.59 Å². The summed E-state index contributed by atoms with van der Waals surface area (Å²) >= 11 is 11.9. The van der Waals surface area contributed by atoms with Crippen molar-refractivity contribution in [1.82, 2.24) is 5.32 Å². The number of carbonyl (C=O) groups is 2. The third-order valence-corrected chi connectivity index (χ3v) is 4.98. The molecule has 4 nitrogen and oxygen atoms in total. The minimum Gasteiger partial charge on any atom is -0.345 e. The van der Waals surface area contributed by atoms with E-state index in [2.05, 4.69) is 17.6 Å². The number of carbonyl (C=O) groups excluding carboxylic acids is 2. The van der Waals surface area contributed by atoms with Gasteiger partial charge in [0.15, 0.2) is 0 Å². The van der Waals surface area contributed by atoms with Crippen molar-refractivity contribution in [3.63, 3.8) is 0 Å². The lowest BCUT2D eigenvalue weighted by Gasteiger charge is -2.28. The largest absolute Gasteiger partial charge is 0.345 e. The van der Waals surface area contributed by atoms with Crippen molar-refractivity contribution in [2.75, 3.05) is 5.32 Å². The molecule has 2 amide bonds. The van der Waals surface area contributed by atoms with Crippen LogP contribution < -0.4 is 10.6 Å². The maximum absolute atomic E-state index is 12.0. The highest BCUT2D eigenvalue weighted by Gasteiger charge is 2.24. The number of nitrogens with one attached hydrogen (secondary N) is 2. The summed E-state index contributed by atoms with van der Waals surface area (Å²) in [5.74, 6) is -0.606. The highest BCUT2D eigenvalue weighted by atomic mass is 35.5. The Kier molecular flexibility index (Phi) is 6.09. The monoisotopic (exact) mass is 342 g/mol. The van der Waals surface area contributed by atoms with Crippen LogP contribution in [0.3, 0.4) is 0 Å². The predicted molar refractivity (Wildman–Crippen MR) is 89.3 cm³/mol. The molecule has 1 aliphatic rings. The van der Waals surface area contributed by atoms with Crippen molar-refractivity contribution < 1.29 is 9.59 Å². The molecule has 0 atom stereocenters. The highest BCUT2D eigenvalue weighted by Crippen LogP contribution is 2.29. The Morgan fingerprint density at radius 2 is 1.82 bits per heavy atom. The topological polar surface area (TPSA) is 58.2 Å². The molecule has 1 aromatic carbocycles. The number of halogens is 2. The summed E-state index contributed by atoms with van der Waals surface area (Å²) < 4.78 is 0. The van der Waals surface area contributed by atoms with Crippen LogP contribution in [0, 0.1) is 5.92 Å². The minimum absolute atomic E-state index is 0.0795. The van der Waals surface area contributed by atoms with Gasteiger partial charge in [-0.3, -0.25) is 9.59 Å². The van der Waals surface area contributed by atoms with Crippen molar-refractivity contribution in [3.05, 3.63) is 28.2 Å². The number of amides is 2. The van der Waals surface area contributed by atoms with Gasteiger partial charge in [0.25, 0.3) is 0 Å². The highest BCUT2D eigenvalue weighted by molar-refractivity contribution is 6.45. The lowest BCUT2D eigenvalue weighted by molar-refractivity contribution is -0.136. The van der Waals surface area contributed by atoms with Crippen LogP contribution in [0.15, 0.2) is 18.2 Å². The summed E-state index contributed by atoms with van der Waals surface area (Å²) in [5.41, 5.74) is 0.337. The molecular weight excluding hydrogens is 323 g/mol. The number of benzene rings is 1. The van der Waals surface area contributed by atoms with Crippen LogP contribution in [-0.4, -0.2) is 17.9 Å². The van der Waals surface area contributed by atoms with Gasteiger partial charge in [0, 0.05) is 6.04 Å². The third kappa shape index (κ3) is 4.37. The first-order chi connectivity index (χ1) is 10.5. The zero-order valence-corrected chi connectivity index (χ0v) is 14.0. The molecule has 0 radical (unpaired) electrons. The first-order valence-corrected chi connectivity index (χ1v) is 8.32. The Morgan fingerprint density at radius 1 is 1.14 bits per heavy atom. The van der Waals surface area contributed by atoms with E-state index in [1.54, 1.807) is 18.2 Å².